The second kappa shape index (κ2) is 10.5. The molecule has 1 aromatic carbocycles. The quantitative estimate of drug-likeness (QED) is 0.518. The van der Waals surface area contributed by atoms with Gasteiger partial charge in [-0.05, 0) is 29.9 Å². The lowest BCUT2D eigenvalue weighted by Gasteiger charge is -2.25. The van der Waals surface area contributed by atoms with Crippen LogP contribution in [0.15, 0.2) is 24.3 Å². The van der Waals surface area contributed by atoms with Gasteiger partial charge in [-0.25, -0.2) is 0 Å². The number of rotatable bonds is 10. The van der Waals surface area contributed by atoms with E-state index in [0.717, 1.165) is 6.42 Å². The fraction of sp³-hybridized carbons (Fsp3) is 0.684. The summed E-state index contributed by atoms with van der Waals surface area (Å²) in [4.78, 5) is 0. The molecule has 0 aliphatic carbocycles. The van der Waals surface area contributed by atoms with Crippen molar-refractivity contribution in [1.29, 1.82) is 0 Å². The van der Waals surface area contributed by atoms with Crippen LogP contribution in [0.2, 0.25) is 0 Å². The van der Waals surface area contributed by atoms with E-state index in [2.05, 4.69) is 45.0 Å². The van der Waals surface area contributed by atoms with Crippen LogP contribution in [0.1, 0.15) is 25.8 Å². The van der Waals surface area contributed by atoms with E-state index in [1.165, 1.54) is 10.9 Å². The van der Waals surface area contributed by atoms with Crippen LogP contribution in [-0.4, -0.2) is 62.2 Å². The van der Waals surface area contributed by atoms with E-state index < -0.39 is 0 Å². The van der Waals surface area contributed by atoms with Gasteiger partial charge in [-0.15, -0.1) is 0 Å². The van der Waals surface area contributed by atoms with Crippen molar-refractivity contribution in [2.45, 2.75) is 44.6 Å². The van der Waals surface area contributed by atoms with Crippen LogP contribution in [0.5, 0.6) is 0 Å². The van der Waals surface area contributed by atoms with Gasteiger partial charge in [0.05, 0.1) is 45.7 Å². The Balaban J connectivity index is 1.73. The number of aliphatic hydroxyl groups excluding tert-OH is 1. The van der Waals surface area contributed by atoms with E-state index in [4.69, 9.17) is 19.3 Å². The number of hydrogen-bond donors (Lipinski definition) is 1. The average molecular weight is 354 g/mol. The van der Waals surface area contributed by atoms with Gasteiger partial charge in [0.2, 0.25) is 0 Å². The number of aliphatic hydroxyl groups is 1. The fourth-order valence-corrected chi connectivity index (χ4v) is 6.85. The second-order valence-electron chi connectivity index (χ2n) is 6.38. The molecule has 0 bridgehead atoms. The Morgan fingerprint density at radius 1 is 1.04 bits per heavy atom. The van der Waals surface area contributed by atoms with Crippen molar-refractivity contribution in [2.75, 3.05) is 39.6 Å². The van der Waals surface area contributed by atoms with Crippen LogP contribution in [0.3, 0.4) is 0 Å². The average Bonchev–Trinajstić information content (AvgIpc) is 2.85. The van der Waals surface area contributed by atoms with Crippen molar-refractivity contribution in [2.24, 2.45) is 0 Å². The molecule has 1 heterocycles. The van der Waals surface area contributed by atoms with Crippen molar-refractivity contribution in [1.82, 2.24) is 0 Å². The first-order valence-electron chi connectivity index (χ1n) is 8.87. The highest BCUT2D eigenvalue weighted by Gasteiger charge is 2.39. The van der Waals surface area contributed by atoms with Gasteiger partial charge in [0.25, 0.3) is 0 Å². The van der Waals surface area contributed by atoms with E-state index >= 15 is 0 Å². The minimum atomic E-state index is -0.167. The van der Waals surface area contributed by atoms with Crippen molar-refractivity contribution in [3.8, 4) is 0 Å². The molecule has 24 heavy (non-hydrogen) atoms. The van der Waals surface area contributed by atoms with E-state index in [1.54, 1.807) is 0 Å². The largest absolute Gasteiger partial charge is 0.394 e. The van der Waals surface area contributed by atoms with Crippen molar-refractivity contribution >= 4 is 13.2 Å². The van der Waals surface area contributed by atoms with Gasteiger partial charge in [0.15, 0.2) is 0 Å². The van der Waals surface area contributed by atoms with Crippen LogP contribution < -0.4 is 5.30 Å². The summed E-state index contributed by atoms with van der Waals surface area (Å²) < 4.78 is 16.8. The smallest absolute Gasteiger partial charge is 0.0704 e. The maximum atomic E-state index is 8.61. The molecular formula is C19H31O4P. The lowest BCUT2D eigenvalue weighted by molar-refractivity contribution is -0.0137. The first kappa shape index (κ1) is 19.8. The highest BCUT2D eigenvalue weighted by Crippen LogP contribution is 2.55. The first-order chi connectivity index (χ1) is 11.6. The molecule has 4 atom stereocenters. The standard InChI is InChI=1S/C19H31O4P/c1-15-6-4-5-7-19(15)24-16(2)14-18(17(24)3)23-13-12-22-11-10-21-9-8-20/h4-7,16-18,20H,8-14H2,1-3H3/t16?,17-,18?,24?/m0/s1. The highest BCUT2D eigenvalue weighted by molar-refractivity contribution is 7.67. The third-order valence-electron chi connectivity index (χ3n) is 4.59. The maximum Gasteiger partial charge on any atom is 0.0704 e. The number of hydrogen-bond acceptors (Lipinski definition) is 4. The number of aryl methyl sites for hydroxylation is 1. The predicted molar refractivity (Wildman–Crippen MR) is 99.7 cm³/mol. The molecule has 4 nitrogen and oxygen atoms in total. The molecule has 2 rings (SSSR count). The summed E-state index contributed by atoms with van der Waals surface area (Å²) in [6.07, 6.45) is 1.47. The summed E-state index contributed by atoms with van der Waals surface area (Å²) in [6, 6.07) is 8.80. The fourth-order valence-electron chi connectivity index (χ4n) is 3.39. The third kappa shape index (κ3) is 5.50. The minimum Gasteiger partial charge on any atom is -0.394 e. The first-order valence-corrected chi connectivity index (χ1v) is 10.3. The molecule has 136 valence electrons. The summed E-state index contributed by atoms with van der Waals surface area (Å²) in [5.41, 5.74) is 2.70. The van der Waals surface area contributed by atoms with E-state index in [9.17, 15) is 0 Å². The molecular weight excluding hydrogens is 323 g/mol. The summed E-state index contributed by atoms with van der Waals surface area (Å²) >= 11 is 0. The van der Waals surface area contributed by atoms with Gasteiger partial charge in [-0.2, -0.15) is 0 Å². The lowest BCUT2D eigenvalue weighted by atomic mass is 10.2. The van der Waals surface area contributed by atoms with Crippen LogP contribution in [-0.2, 0) is 14.2 Å². The molecule has 1 fully saturated rings. The monoisotopic (exact) mass is 354 g/mol. The van der Waals surface area contributed by atoms with Crippen molar-refractivity contribution in [3.05, 3.63) is 29.8 Å². The van der Waals surface area contributed by atoms with Crippen LogP contribution in [0, 0.1) is 6.92 Å². The normalized spacial score (nSPS) is 26.8. The third-order valence-corrected chi connectivity index (χ3v) is 8.01. The Morgan fingerprint density at radius 3 is 2.42 bits per heavy atom. The zero-order valence-electron chi connectivity index (χ0n) is 15.1. The molecule has 1 saturated heterocycles. The topological polar surface area (TPSA) is 47.9 Å². The van der Waals surface area contributed by atoms with Crippen LogP contribution in [0.4, 0.5) is 0 Å². The summed E-state index contributed by atoms with van der Waals surface area (Å²) in [6.45, 7) is 9.68. The number of ether oxygens (including phenoxy) is 3. The zero-order chi connectivity index (χ0) is 17.4. The Kier molecular flexibility index (Phi) is 8.65. The minimum absolute atomic E-state index is 0.0603. The lowest BCUT2D eigenvalue weighted by Crippen LogP contribution is -2.24. The Bertz CT molecular complexity index is 482. The zero-order valence-corrected chi connectivity index (χ0v) is 16.0. The Hall–Kier alpha value is -0.510. The van der Waals surface area contributed by atoms with Crippen molar-refractivity contribution in [3.63, 3.8) is 0 Å². The molecule has 0 aromatic heterocycles. The molecule has 0 amide bonds. The SMILES string of the molecule is Cc1ccccc1P1C(C)CC(OCCOCCOCCO)[C@@H]1C. The van der Waals surface area contributed by atoms with Crippen LogP contribution >= 0.6 is 7.92 Å². The molecule has 0 spiro atoms. The van der Waals surface area contributed by atoms with Gasteiger partial charge in [0.1, 0.15) is 0 Å². The maximum absolute atomic E-state index is 8.61. The molecule has 1 aromatic rings. The predicted octanol–water partition coefficient (Wildman–Crippen LogP) is 2.69. The van der Waals surface area contributed by atoms with E-state index in [0.29, 0.717) is 50.5 Å². The second-order valence-corrected chi connectivity index (χ2v) is 9.37. The summed E-state index contributed by atoms with van der Waals surface area (Å²) in [5.74, 6) is 0. The van der Waals surface area contributed by atoms with E-state index in [1.807, 2.05) is 0 Å². The van der Waals surface area contributed by atoms with Gasteiger partial charge < -0.3 is 19.3 Å². The molecule has 1 aliphatic heterocycles. The summed E-state index contributed by atoms with van der Waals surface area (Å²) in [7, 11) is -0.167. The van der Waals surface area contributed by atoms with Crippen molar-refractivity contribution < 1.29 is 19.3 Å². The summed E-state index contributed by atoms with van der Waals surface area (Å²) in [5, 5.41) is 10.1. The van der Waals surface area contributed by atoms with Gasteiger partial charge in [-0.3, -0.25) is 0 Å². The Labute approximate surface area is 147 Å². The van der Waals surface area contributed by atoms with E-state index in [-0.39, 0.29) is 14.5 Å². The Morgan fingerprint density at radius 2 is 1.71 bits per heavy atom. The van der Waals surface area contributed by atoms with Gasteiger partial charge in [-0.1, -0.05) is 46.0 Å². The van der Waals surface area contributed by atoms with Gasteiger partial charge in [0, 0.05) is 5.66 Å². The van der Waals surface area contributed by atoms with Crippen LogP contribution in [0.25, 0.3) is 0 Å². The molecule has 1 N–H and O–H groups in total. The molecule has 0 radical (unpaired) electrons. The number of benzene rings is 1. The molecule has 0 saturated carbocycles. The molecule has 1 aliphatic rings. The molecule has 3 unspecified atom stereocenters. The molecule has 5 heteroatoms. The highest BCUT2D eigenvalue weighted by atomic mass is 31.1. The van der Waals surface area contributed by atoms with Gasteiger partial charge >= 0.3 is 0 Å².